The largest absolute Gasteiger partial charge is 0.361 e. The van der Waals surface area contributed by atoms with Gasteiger partial charge in [0.1, 0.15) is 6.04 Å². The molecule has 4 rings (SSSR count). The summed E-state index contributed by atoms with van der Waals surface area (Å²) in [6.45, 7) is 6.48. The zero-order chi connectivity index (χ0) is 22.7. The van der Waals surface area contributed by atoms with Crippen LogP contribution in [0.25, 0.3) is 10.9 Å². The Kier molecular flexibility index (Phi) is 6.82. The highest BCUT2D eigenvalue weighted by Gasteiger charge is 2.34. The molecule has 7 heteroatoms. The number of hydrogen-bond acceptors (Lipinski definition) is 3. The van der Waals surface area contributed by atoms with E-state index in [4.69, 9.17) is 0 Å². The predicted octanol–water partition coefficient (Wildman–Crippen LogP) is 2.71. The molecule has 3 amide bonds. The summed E-state index contributed by atoms with van der Waals surface area (Å²) in [5, 5.41) is 3.92. The molecular weight excluding hydrogens is 404 g/mol. The van der Waals surface area contributed by atoms with Crippen molar-refractivity contribution in [1.82, 2.24) is 20.1 Å². The SMILES string of the molecule is CC(=O)NC(Cc1c[nH]c2ccccc12)C(=O)N1CCC(C(=O)N2CCCC(C)C2)CC1. The van der Waals surface area contributed by atoms with Crippen LogP contribution in [0.1, 0.15) is 45.1 Å². The van der Waals surface area contributed by atoms with Crippen molar-refractivity contribution < 1.29 is 14.4 Å². The predicted molar refractivity (Wildman–Crippen MR) is 124 cm³/mol. The number of carbonyl (C=O) groups is 3. The highest BCUT2D eigenvalue weighted by atomic mass is 16.2. The molecule has 0 saturated carbocycles. The third-order valence-corrected chi connectivity index (χ3v) is 6.90. The molecule has 0 aliphatic carbocycles. The smallest absolute Gasteiger partial charge is 0.245 e. The van der Waals surface area contributed by atoms with Crippen LogP contribution < -0.4 is 5.32 Å². The molecule has 1 aromatic carbocycles. The summed E-state index contributed by atoms with van der Waals surface area (Å²) in [6, 6.07) is 7.35. The summed E-state index contributed by atoms with van der Waals surface area (Å²) in [6.07, 6.45) is 6.00. The Morgan fingerprint density at radius 1 is 1.09 bits per heavy atom. The fraction of sp³-hybridized carbons (Fsp3) is 0.560. The van der Waals surface area contributed by atoms with Crippen LogP contribution in [0.15, 0.2) is 30.5 Å². The lowest BCUT2D eigenvalue weighted by Gasteiger charge is -2.38. The van der Waals surface area contributed by atoms with E-state index in [1.54, 1.807) is 0 Å². The second kappa shape index (κ2) is 9.76. The Morgan fingerprint density at radius 2 is 1.84 bits per heavy atom. The molecule has 2 saturated heterocycles. The van der Waals surface area contributed by atoms with Gasteiger partial charge in [0.25, 0.3) is 0 Å². The summed E-state index contributed by atoms with van der Waals surface area (Å²) in [5.41, 5.74) is 2.03. The number of benzene rings is 1. The van der Waals surface area contributed by atoms with Crippen molar-refractivity contribution in [3.05, 3.63) is 36.0 Å². The van der Waals surface area contributed by atoms with Crippen molar-refractivity contribution in [2.75, 3.05) is 26.2 Å². The standard InChI is InChI=1S/C25H34N4O3/c1-17-6-5-11-29(16-17)24(31)19-9-12-28(13-10-19)25(32)23(27-18(2)30)14-20-15-26-22-8-4-3-7-21(20)22/h3-4,7-8,15,17,19,23,26H,5-6,9-14,16H2,1-2H3,(H,27,30). The summed E-state index contributed by atoms with van der Waals surface area (Å²) in [5.74, 6) is 0.533. The number of nitrogens with one attached hydrogen (secondary N) is 2. The summed E-state index contributed by atoms with van der Waals surface area (Å²) in [4.78, 5) is 45.2. The number of nitrogens with zero attached hydrogens (tertiary/aromatic N) is 2. The van der Waals surface area contributed by atoms with Crippen molar-refractivity contribution in [2.45, 2.75) is 52.0 Å². The van der Waals surface area contributed by atoms with Gasteiger partial charge in [-0.2, -0.15) is 0 Å². The number of carbonyl (C=O) groups excluding carboxylic acids is 3. The minimum absolute atomic E-state index is 0.00261. The number of para-hydroxylation sites is 1. The van der Waals surface area contributed by atoms with Crippen molar-refractivity contribution in [2.24, 2.45) is 11.8 Å². The number of aromatic amines is 1. The lowest BCUT2D eigenvalue weighted by Crippen LogP contribution is -2.52. The fourth-order valence-electron chi connectivity index (χ4n) is 5.18. The van der Waals surface area contributed by atoms with E-state index in [0.717, 1.165) is 36.0 Å². The molecule has 2 unspecified atom stereocenters. The minimum Gasteiger partial charge on any atom is -0.361 e. The maximum absolute atomic E-state index is 13.3. The highest BCUT2D eigenvalue weighted by molar-refractivity contribution is 5.89. The number of rotatable bonds is 5. The first-order valence-electron chi connectivity index (χ1n) is 11.8. The molecule has 2 aromatic rings. The van der Waals surface area contributed by atoms with E-state index in [1.807, 2.05) is 40.3 Å². The Balaban J connectivity index is 1.39. The average molecular weight is 439 g/mol. The third kappa shape index (κ3) is 4.97. The maximum atomic E-state index is 13.3. The van der Waals surface area contributed by atoms with Crippen molar-refractivity contribution in [1.29, 1.82) is 0 Å². The Hall–Kier alpha value is -2.83. The van der Waals surface area contributed by atoms with E-state index in [1.165, 1.54) is 13.3 Å². The number of piperidine rings is 2. The number of aromatic nitrogens is 1. The van der Waals surface area contributed by atoms with Crippen molar-refractivity contribution >= 4 is 28.6 Å². The van der Waals surface area contributed by atoms with E-state index in [2.05, 4.69) is 17.2 Å². The van der Waals surface area contributed by atoms with Gasteiger partial charge in [-0.15, -0.1) is 0 Å². The van der Waals surface area contributed by atoms with Gasteiger partial charge in [-0.3, -0.25) is 14.4 Å². The normalized spacial score (nSPS) is 20.9. The van der Waals surface area contributed by atoms with Gasteiger partial charge in [0.05, 0.1) is 0 Å². The van der Waals surface area contributed by atoms with Crippen molar-refractivity contribution in [3.63, 3.8) is 0 Å². The quantitative estimate of drug-likeness (QED) is 0.753. The van der Waals surface area contributed by atoms with E-state index in [0.29, 0.717) is 38.3 Å². The molecule has 3 heterocycles. The number of amides is 3. The molecule has 2 aliphatic heterocycles. The molecule has 0 bridgehead atoms. The van der Waals surface area contributed by atoms with Gasteiger partial charge in [0.2, 0.25) is 17.7 Å². The second-order valence-electron chi connectivity index (χ2n) is 9.45. The van der Waals surface area contributed by atoms with Crippen LogP contribution in [0.5, 0.6) is 0 Å². The first-order valence-corrected chi connectivity index (χ1v) is 11.8. The minimum atomic E-state index is -0.609. The highest BCUT2D eigenvalue weighted by Crippen LogP contribution is 2.25. The van der Waals surface area contributed by atoms with Crippen LogP contribution in [-0.2, 0) is 20.8 Å². The zero-order valence-electron chi connectivity index (χ0n) is 19.1. The number of fused-ring (bicyclic) bond motifs is 1. The van der Waals surface area contributed by atoms with E-state index in [9.17, 15) is 14.4 Å². The number of hydrogen-bond donors (Lipinski definition) is 2. The topological polar surface area (TPSA) is 85.5 Å². The molecule has 2 aliphatic rings. The molecule has 32 heavy (non-hydrogen) atoms. The molecule has 172 valence electrons. The molecule has 0 spiro atoms. The second-order valence-corrected chi connectivity index (χ2v) is 9.45. The lowest BCUT2D eigenvalue weighted by molar-refractivity contribution is -0.143. The first-order chi connectivity index (χ1) is 15.4. The first kappa shape index (κ1) is 22.4. The fourth-order valence-corrected chi connectivity index (χ4v) is 5.18. The van der Waals surface area contributed by atoms with Gasteiger partial charge in [-0.1, -0.05) is 25.1 Å². The number of likely N-dealkylation sites (tertiary alicyclic amines) is 2. The van der Waals surface area contributed by atoms with Gasteiger partial charge in [-0.05, 0) is 43.2 Å². The van der Waals surface area contributed by atoms with Crippen LogP contribution in [-0.4, -0.2) is 64.7 Å². The summed E-state index contributed by atoms with van der Waals surface area (Å²) in [7, 11) is 0. The van der Waals surface area contributed by atoms with Gasteiger partial charge in [0, 0.05) is 62.5 Å². The Labute approximate surface area is 189 Å². The van der Waals surface area contributed by atoms with Gasteiger partial charge in [-0.25, -0.2) is 0 Å². The monoisotopic (exact) mass is 438 g/mol. The molecule has 0 radical (unpaired) electrons. The molecule has 1 aromatic heterocycles. The van der Waals surface area contributed by atoms with Crippen LogP contribution in [0.2, 0.25) is 0 Å². The van der Waals surface area contributed by atoms with Crippen LogP contribution in [0, 0.1) is 11.8 Å². The van der Waals surface area contributed by atoms with E-state index >= 15 is 0 Å². The summed E-state index contributed by atoms with van der Waals surface area (Å²) >= 11 is 0. The lowest BCUT2D eigenvalue weighted by atomic mass is 9.92. The van der Waals surface area contributed by atoms with Crippen LogP contribution >= 0.6 is 0 Å². The molecule has 7 nitrogen and oxygen atoms in total. The molecule has 2 atom stereocenters. The van der Waals surface area contributed by atoms with Gasteiger partial charge in [0.15, 0.2) is 0 Å². The third-order valence-electron chi connectivity index (χ3n) is 6.90. The van der Waals surface area contributed by atoms with Crippen LogP contribution in [0.4, 0.5) is 0 Å². The maximum Gasteiger partial charge on any atom is 0.245 e. The zero-order valence-corrected chi connectivity index (χ0v) is 19.1. The van der Waals surface area contributed by atoms with Crippen molar-refractivity contribution in [3.8, 4) is 0 Å². The molecular formula is C25H34N4O3. The number of H-pyrrole nitrogens is 1. The molecule has 2 N–H and O–H groups in total. The molecule has 2 fully saturated rings. The van der Waals surface area contributed by atoms with E-state index < -0.39 is 6.04 Å². The van der Waals surface area contributed by atoms with Gasteiger partial charge < -0.3 is 20.1 Å². The Bertz CT molecular complexity index is 976. The van der Waals surface area contributed by atoms with Gasteiger partial charge >= 0.3 is 0 Å². The Morgan fingerprint density at radius 3 is 2.56 bits per heavy atom. The van der Waals surface area contributed by atoms with E-state index in [-0.39, 0.29) is 23.6 Å². The van der Waals surface area contributed by atoms with Crippen LogP contribution in [0.3, 0.4) is 0 Å². The summed E-state index contributed by atoms with van der Waals surface area (Å²) < 4.78 is 0. The average Bonchev–Trinajstić information content (AvgIpc) is 3.20.